The zero-order valence-corrected chi connectivity index (χ0v) is 19.4. The van der Waals surface area contributed by atoms with E-state index >= 15 is 0 Å². The number of amides is 1. The van der Waals surface area contributed by atoms with Gasteiger partial charge in [0.25, 0.3) is 5.91 Å². The van der Waals surface area contributed by atoms with E-state index in [1.165, 1.54) is 21.3 Å². The molecule has 1 aromatic carbocycles. The van der Waals surface area contributed by atoms with E-state index in [1.54, 1.807) is 18.2 Å². The molecule has 2 aliphatic rings. The number of fused-ring (bicyclic) bond motifs is 1. The average Bonchev–Trinajstić information content (AvgIpc) is 3.07. The molecule has 1 saturated heterocycles. The molecule has 0 aromatic heterocycles. The van der Waals surface area contributed by atoms with Gasteiger partial charge >= 0.3 is 5.97 Å². The van der Waals surface area contributed by atoms with E-state index in [1.807, 2.05) is 0 Å². The Kier molecular flexibility index (Phi) is 8.51. The molecule has 2 aliphatic heterocycles. The number of sulfonamides is 1. The van der Waals surface area contributed by atoms with Crippen LogP contribution in [0.2, 0.25) is 0 Å². The van der Waals surface area contributed by atoms with Gasteiger partial charge < -0.3 is 19.1 Å². The third-order valence-electron chi connectivity index (χ3n) is 5.53. The van der Waals surface area contributed by atoms with E-state index in [2.05, 4.69) is 13.2 Å². The maximum atomic E-state index is 13.1. The van der Waals surface area contributed by atoms with E-state index in [9.17, 15) is 18.0 Å². The molecule has 9 nitrogen and oxygen atoms in total. The minimum Gasteiger partial charge on any atom is -0.490 e. The second-order valence-electron chi connectivity index (χ2n) is 7.82. The van der Waals surface area contributed by atoms with E-state index in [0.29, 0.717) is 50.6 Å². The number of hydrogen-bond donors (Lipinski definition) is 0. The van der Waals surface area contributed by atoms with Crippen molar-refractivity contribution in [3.63, 3.8) is 0 Å². The van der Waals surface area contributed by atoms with Crippen LogP contribution in [0.25, 0.3) is 0 Å². The summed E-state index contributed by atoms with van der Waals surface area (Å²) in [7, 11) is -3.74. The standard InChI is InChI=1S/C23H30N2O7S/c1-3-10-24(11-4-2)22(26)17-32-23(27)18-8-12-25(13-9-18)33(28,29)19-6-7-20-21(16-19)31-15-5-14-30-20/h3-4,6-7,16,18H,1-2,5,8-15,17H2. The Labute approximate surface area is 194 Å². The maximum absolute atomic E-state index is 13.1. The maximum Gasteiger partial charge on any atom is 0.309 e. The third kappa shape index (κ3) is 6.14. The molecular weight excluding hydrogens is 448 g/mol. The lowest BCUT2D eigenvalue weighted by Crippen LogP contribution is -2.41. The summed E-state index contributed by atoms with van der Waals surface area (Å²) in [5.41, 5.74) is 0. The van der Waals surface area contributed by atoms with Gasteiger partial charge in [0.15, 0.2) is 18.1 Å². The lowest BCUT2D eigenvalue weighted by molar-refractivity contribution is -0.156. The quantitative estimate of drug-likeness (QED) is 0.395. The Hall–Kier alpha value is -2.85. The molecule has 0 aliphatic carbocycles. The fourth-order valence-electron chi connectivity index (χ4n) is 3.72. The first-order valence-electron chi connectivity index (χ1n) is 10.9. The van der Waals surface area contributed by atoms with Crippen LogP contribution in [0.3, 0.4) is 0 Å². The summed E-state index contributed by atoms with van der Waals surface area (Å²) in [6.07, 6.45) is 4.54. The van der Waals surface area contributed by atoms with Gasteiger partial charge in [-0.15, -0.1) is 13.2 Å². The van der Waals surface area contributed by atoms with Crippen LogP contribution in [0.5, 0.6) is 11.5 Å². The molecule has 0 saturated carbocycles. The second kappa shape index (κ2) is 11.3. The first-order valence-corrected chi connectivity index (χ1v) is 12.4. The highest BCUT2D eigenvalue weighted by molar-refractivity contribution is 7.89. The molecular formula is C23H30N2O7S. The SMILES string of the molecule is C=CCN(CC=C)C(=O)COC(=O)C1CCN(S(=O)(=O)c2ccc3c(c2)OCCCO3)CC1. The van der Waals surface area contributed by atoms with Gasteiger partial charge in [-0.1, -0.05) is 12.2 Å². The van der Waals surface area contributed by atoms with Crippen molar-refractivity contribution in [1.82, 2.24) is 9.21 Å². The van der Waals surface area contributed by atoms with Crippen molar-refractivity contribution in [3.05, 3.63) is 43.5 Å². The van der Waals surface area contributed by atoms with Gasteiger partial charge in [0.05, 0.1) is 24.0 Å². The van der Waals surface area contributed by atoms with Crippen molar-refractivity contribution >= 4 is 21.9 Å². The molecule has 0 unspecified atom stereocenters. The van der Waals surface area contributed by atoms with Gasteiger partial charge in [0.2, 0.25) is 10.0 Å². The molecule has 0 bridgehead atoms. The summed E-state index contributed by atoms with van der Waals surface area (Å²) in [6.45, 7) is 8.86. The molecule has 10 heteroatoms. The van der Waals surface area contributed by atoms with Crippen molar-refractivity contribution < 1.29 is 32.2 Å². The van der Waals surface area contributed by atoms with Gasteiger partial charge in [-0.05, 0) is 25.0 Å². The van der Waals surface area contributed by atoms with Gasteiger partial charge in [-0.25, -0.2) is 8.42 Å². The number of carbonyl (C=O) groups is 2. The fraction of sp³-hybridized carbons (Fsp3) is 0.478. The molecule has 2 heterocycles. The Balaban J connectivity index is 1.55. The van der Waals surface area contributed by atoms with Crippen molar-refractivity contribution in [2.75, 3.05) is 46.0 Å². The van der Waals surface area contributed by atoms with E-state index < -0.39 is 21.9 Å². The monoisotopic (exact) mass is 478 g/mol. The van der Waals surface area contributed by atoms with Gasteiger partial charge in [-0.3, -0.25) is 9.59 Å². The number of esters is 1. The first-order chi connectivity index (χ1) is 15.9. The predicted molar refractivity (Wildman–Crippen MR) is 121 cm³/mol. The zero-order valence-electron chi connectivity index (χ0n) is 18.6. The lowest BCUT2D eigenvalue weighted by Gasteiger charge is -2.30. The molecule has 0 spiro atoms. The summed E-state index contributed by atoms with van der Waals surface area (Å²) in [5.74, 6) is -0.341. The summed E-state index contributed by atoms with van der Waals surface area (Å²) >= 11 is 0. The smallest absolute Gasteiger partial charge is 0.309 e. The van der Waals surface area contributed by atoms with Gasteiger partial charge in [0.1, 0.15) is 0 Å². The Morgan fingerprint density at radius 2 is 1.73 bits per heavy atom. The number of rotatable bonds is 9. The molecule has 1 aromatic rings. The molecule has 0 atom stereocenters. The number of nitrogens with zero attached hydrogens (tertiary/aromatic N) is 2. The van der Waals surface area contributed by atoms with Crippen molar-refractivity contribution in [3.8, 4) is 11.5 Å². The van der Waals surface area contributed by atoms with Crippen LogP contribution in [0.4, 0.5) is 0 Å². The number of benzene rings is 1. The molecule has 1 amide bonds. The molecule has 0 radical (unpaired) electrons. The lowest BCUT2D eigenvalue weighted by atomic mass is 9.98. The number of carbonyl (C=O) groups excluding carboxylic acids is 2. The Morgan fingerprint density at radius 3 is 2.36 bits per heavy atom. The largest absolute Gasteiger partial charge is 0.490 e. The Bertz CT molecular complexity index is 975. The minimum absolute atomic E-state index is 0.128. The third-order valence-corrected chi connectivity index (χ3v) is 7.43. The van der Waals surface area contributed by atoms with Crippen molar-refractivity contribution in [1.29, 1.82) is 0 Å². The van der Waals surface area contributed by atoms with Crippen LogP contribution in [-0.2, 0) is 24.3 Å². The normalized spacial score (nSPS) is 17.0. The van der Waals surface area contributed by atoms with E-state index in [-0.39, 0.29) is 30.5 Å². The van der Waals surface area contributed by atoms with Crippen LogP contribution >= 0.6 is 0 Å². The van der Waals surface area contributed by atoms with Crippen LogP contribution in [0.15, 0.2) is 48.4 Å². The highest BCUT2D eigenvalue weighted by Gasteiger charge is 2.33. The Morgan fingerprint density at radius 1 is 1.09 bits per heavy atom. The minimum atomic E-state index is -3.74. The van der Waals surface area contributed by atoms with Gasteiger partial charge in [-0.2, -0.15) is 4.31 Å². The highest BCUT2D eigenvalue weighted by Crippen LogP contribution is 2.33. The molecule has 33 heavy (non-hydrogen) atoms. The summed E-state index contributed by atoms with van der Waals surface area (Å²) < 4.78 is 43.9. The van der Waals surface area contributed by atoms with Crippen LogP contribution in [0.1, 0.15) is 19.3 Å². The second-order valence-corrected chi connectivity index (χ2v) is 9.76. The predicted octanol–water partition coefficient (Wildman–Crippen LogP) is 1.99. The molecule has 3 rings (SSSR count). The highest BCUT2D eigenvalue weighted by atomic mass is 32.2. The molecule has 180 valence electrons. The van der Waals surface area contributed by atoms with Gasteiger partial charge in [0, 0.05) is 38.7 Å². The summed E-state index contributed by atoms with van der Waals surface area (Å²) in [6, 6.07) is 4.60. The van der Waals surface area contributed by atoms with E-state index in [4.69, 9.17) is 14.2 Å². The van der Waals surface area contributed by atoms with E-state index in [0.717, 1.165) is 6.42 Å². The fourth-order valence-corrected chi connectivity index (χ4v) is 5.20. The topological polar surface area (TPSA) is 102 Å². The van der Waals surface area contributed by atoms with Crippen LogP contribution in [-0.4, -0.2) is 75.5 Å². The summed E-state index contributed by atoms with van der Waals surface area (Å²) in [5, 5.41) is 0. The van der Waals surface area contributed by atoms with Crippen LogP contribution < -0.4 is 9.47 Å². The van der Waals surface area contributed by atoms with Crippen LogP contribution in [0, 0.1) is 5.92 Å². The number of hydrogen-bond acceptors (Lipinski definition) is 7. The zero-order chi connectivity index (χ0) is 23.8. The number of piperidine rings is 1. The average molecular weight is 479 g/mol. The van der Waals surface area contributed by atoms with Crippen molar-refractivity contribution in [2.45, 2.75) is 24.2 Å². The number of ether oxygens (including phenoxy) is 3. The first kappa shape index (κ1) is 24.8. The summed E-state index contributed by atoms with van der Waals surface area (Å²) in [4.78, 5) is 26.2. The van der Waals surface area contributed by atoms with Crippen molar-refractivity contribution in [2.24, 2.45) is 5.92 Å². The molecule has 0 N–H and O–H groups in total. The molecule has 1 fully saturated rings.